The van der Waals surface area contributed by atoms with Crippen molar-refractivity contribution in [2.45, 2.75) is 25.3 Å². The van der Waals surface area contributed by atoms with E-state index in [0.29, 0.717) is 0 Å². The maximum Gasteiger partial charge on any atom is 0.141 e. The van der Waals surface area contributed by atoms with Gasteiger partial charge in [-0.05, 0) is 31.4 Å². The zero-order chi connectivity index (χ0) is 10.4. The minimum Gasteiger partial charge on any atom is -0.323 e. The van der Waals surface area contributed by atoms with Crippen LogP contribution in [0.25, 0.3) is 0 Å². The molecule has 1 aromatic heterocycles. The summed E-state index contributed by atoms with van der Waals surface area (Å²) in [6.07, 6.45) is 5.86. The average Bonchev–Trinajstić information content (AvgIpc) is 2.19. The third-order valence-electron chi connectivity index (χ3n) is 2.05. The fraction of sp³-hybridized carbons (Fsp3) is 0.364. The van der Waals surface area contributed by atoms with Gasteiger partial charge >= 0.3 is 0 Å². The molecule has 1 atom stereocenters. The molecule has 1 heterocycles. The summed E-state index contributed by atoms with van der Waals surface area (Å²) < 4.78 is 12.5. The van der Waals surface area contributed by atoms with Crippen LogP contribution in [0.5, 0.6) is 0 Å². The van der Waals surface area contributed by atoms with E-state index in [-0.39, 0.29) is 11.9 Å². The van der Waals surface area contributed by atoms with Gasteiger partial charge in [0.1, 0.15) is 5.82 Å². The summed E-state index contributed by atoms with van der Waals surface area (Å²) >= 11 is 0. The molecule has 0 aliphatic rings. The molecule has 2 N–H and O–H groups in total. The summed E-state index contributed by atoms with van der Waals surface area (Å²) in [4.78, 5) is 3.93. The maximum atomic E-state index is 12.5. The molecule has 0 saturated heterocycles. The van der Waals surface area contributed by atoms with E-state index in [4.69, 9.17) is 5.73 Å². The molecule has 0 aliphatic carbocycles. The Labute approximate surface area is 83.7 Å². The minimum absolute atomic E-state index is 0.101. The van der Waals surface area contributed by atoms with Gasteiger partial charge in [-0.25, -0.2) is 4.39 Å². The number of hydrogen-bond donors (Lipinski definition) is 1. The molecule has 0 aliphatic heterocycles. The predicted molar refractivity (Wildman–Crippen MR) is 55.2 cm³/mol. The van der Waals surface area contributed by atoms with Gasteiger partial charge in [-0.3, -0.25) is 4.98 Å². The fourth-order valence-electron chi connectivity index (χ4n) is 1.24. The van der Waals surface area contributed by atoms with Crippen LogP contribution in [0.2, 0.25) is 0 Å². The quantitative estimate of drug-likeness (QED) is 0.578. The Bertz CT molecular complexity index is 282. The highest BCUT2D eigenvalue weighted by atomic mass is 19.1. The zero-order valence-corrected chi connectivity index (χ0v) is 8.12. The van der Waals surface area contributed by atoms with Crippen molar-refractivity contribution < 1.29 is 4.39 Å². The lowest BCUT2D eigenvalue weighted by molar-refractivity contribution is 0.587. The minimum atomic E-state index is -0.327. The molecule has 0 saturated carbocycles. The monoisotopic (exact) mass is 194 g/mol. The lowest BCUT2D eigenvalue weighted by Gasteiger charge is -2.09. The third-order valence-corrected chi connectivity index (χ3v) is 2.05. The number of nitrogens with two attached hydrogens (primary N) is 1. The number of unbranched alkanes of at least 4 members (excludes halogenated alkanes) is 1. The van der Waals surface area contributed by atoms with Crippen LogP contribution in [-0.2, 0) is 0 Å². The summed E-state index contributed by atoms with van der Waals surface area (Å²) in [5.41, 5.74) is 6.61. The van der Waals surface area contributed by atoms with Crippen molar-refractivity contribution in [3.8, 4) is 0 Å². The topological polar surface area (TPSA) is 38.9 Å². The molecule has 3 heteroatoms. The van der Waals surface area contributed by atoms with Gasteiger partial charge in [0.2, 0.25) is 0 Å². The van der Waals surface area contributed by atoms with E-state index in [1.165, 1.54) is 12.3 Å². The summed E-state index contributed by atoms with van der Waals surface area (Å²) in [5.74, 6) is -0.327. The predicted octanol–water partition coefficient (Wildman–Crippen LogP) is 2.58. The molecule has 0 radical (unpaired) electrons. The van der Waals surface area contributed by atoms with Crippen molar-refractivity contribution in [1.82, 2.24) is 4.98 Å². The van der Waals surface area contributed by atoms with Gasteiger partial charge in [0, 0.05) is 6.04 Å². The molecule has 0 spiro atoms. The van der Waals surface area contributed by atoms with Crippen LogP contribution in [0.15, 0.2) is 31.0 Å². The summed E-state index contributed by atoms with van der Waals surface area (Å²) in [5, 5.41) is 0. The van der Waals surface area contributed by atoms with Crippen molar-refractivity contribution in [3.05, 3.63) is 42.5 Å². The molecule has 1 unspecified atom stereocenters. The third kappa shape index (κ3) is 3.26. The van der Waals surface area contributed by atoms with E-state index in [1.807, 2.05) is 6.08 Å². The Morgan fingerprint density at radius 3 is 2.93 bits per heavy atom. The molecule has 0 amide bonds. The van der Waals surface area contributed by atoms with Gasteiger partial charge in [-0.15, -0.1) is 6.58 Å². The van der Waals surface area contributed by atoms with E-state index < -0.39 is 0 Å². The molecule has 0 fully saturated rings. The van der Waals surface area contributed by atoms with E-state index in [2.05, 4.69) is 11.6 Å². The molecule has 1 rings (SSSR count). The second-order valence-corrected chi connectivity index (χ2v) is 3.23. The number of halogens is 1. The van der Waals surface area contributed by atoms with Crippen molar-refractivity contribution in [1.29, 1.82) is 0 Å². The van der Waals surface area contributed by atoms with Crippen molar-refractivity contribution in [2.24, 2.45) is 5.73 Å². The molecular weight excluding hydrogens is 179 g/mol. The largest absolute Gasteiger partial charge is 0.323 e. The number of nitrogens with zero attached hydrogens (tertiary/aromatic N) is 1. The first-order chi connectivity index (χ1) is 6.74. The Morgan fingerprint density at radius 2 is 2.36 bits per heavy atom. The van der Waals surface area contributed by atoms with Gasteiger partial charge in [-0.2, -0.15) is 0 Å². The standard InChI is InChI=1S/C11H15FN2/c1-2-3-4-5-10(13)11-7-6-9(12)8-14-11/h2,6-8,10H,1,3-5,13H2. The summed E-state index contributed by atoms with van der Waals surface area (Å²) in [6.45, 7) is 3.64. The number of rotatable bonds is 5. The van der Waals surface area contributed by atoms with E-state index in [1.54, 1.807) is 6.07 Å². The highest BCUT2D eigenvalue weighted by Gasteiger charge is 2.06. The first kappa shape index (κ1) is 10.9. The Hall–Kier alpha value is -1.22. The smallest absolute Gasteiger partial charge is 0.141 e. The van der Waals surface area contributed by atoms with E-state index in [0.717, 1.165) is 25.0 Å². The highest BCUT2D eigenvalue weighted by molar-refractivity contribution is 5.09. The van der Waals surface area contributed by atoms with Crippen LogP contribution >= 0.6 is 0 Å². The van der Waals surface area contributed by atoms with Crippen LogP contribution in [0.3, 0.4) is 0 Å². The number of hydrogen-bond acceptors (Lipinski definition) is 2. The van der Waals surface area contributed by atoms with Crippen LogP contribution in [0.1, 0.15) is 31.0 Å². The molecule has 76 valence electrons. The summed E-state index contributed by atoms with van der Waals surface area (Å²) in [6, 6.07) is 2.92. The average molecular weight is 194 g/mol. The van der Waals surface area contributed by atoms with Crippen LogP contribution in [0, 0.1) is 5.82 Å². The van der Waals surface area contributed by atoms with Crippen molar-refractivity contribution >= 4 is 0 Å². The Kier molecular flexibility index (Phi) is 4.26. The Balaban J connectivity index is 2.47. The first-order valence-electron chi connectivity index (χ1n) is 4.72. The lowest BCUT2D eigenvalue weighted by atomic mass is 10.1. The molecule has 0 bridgehead atoms. The molecular formula is C11H15FN2. The van der Waals surface area contributed by atoms with Crippen molar-refractivity contribution in [3.63, 3.8) is 0 Å². The molecule has 2 nitrogen and oxygen atoms in total. The van der Waals surface area contributed by atoms with Gasteiger partial charge in [0.15, 0.2) is 0 Å². The SMILES string of the molecule is C=CCCCC(N)c1ccc(F)cn1. The fourth-order valence-corrected chi connectivity index (χ4v) is 1.24. The van der Waals surface area contributed by atoms with E-state index >= 15 is 0 Å². The van der Waals surface area contributed by atoms with E-state index in [9.17, 15) is 4.39 Å². The molecule has 0 aromatic carbocycles. The van der Waals surface area contributed by atoms with Gasteiger partial charge in [-0.1, -0.05) is 6.08 Å². The van der Waals surface area contributed by atoms with Gasteiger partial charge < -0.3 is 5.73 Å². The zero-order valence-electron chi connectivity index (χ0n) is 8.12. The second-order valence-electron chi connectivity index (χ2n) is 3.23. The summed E-state index contributed by atoms with van der Waals surface area (Å²) in [7, 11) is 0. The molecule has 1 aromatic rings. The normalized spacial score (nSPS) is 12.4. The number of aromatic nitrogens is 1. The maximum absolute atomic E-state index is 12.5. The second kappa shape index (κ2) is 5.50. The van der Waals surface area contributed by atoms with Crippen LogP contribution < -0.4 is 5.73 Å². The Morgan fingerprint density at radius 1 is 1.57 bits per heavy atom. The lowest BCUT2D eigenvalue weighted by Crippen LogP contribution is -2.11. The van der Waals surface area contributed by atoms with Crippen LogP contribution in [0.4, 0.5) is 4.39 Å². The van der Waals surface area contributed by atoms with Gasteiger partial charge in [0.05, 0.1) is 11.9 Å². The number of pyridine rings is 1. The van der Waals surface area contributed by atoms with Crippen molar-refractivity contribution in [2.75, 3.05) is 0 Å². The van der Waals surface area contributed by atoms with Crippen LogP contribution in [-0.4, -0.2) is 4.98 Å². The van der Waals surface area contributed by atoms with Gasteiger partial charge in [0.25, 0.3) is 0 Å². The number of allylic oxidation sites excluding steroid dienone is 1. The highest BCUT2D eigenvalue weighted by Crippen LogP contribution is 2.14. The first-order valence-corrected chi connectivity index (χ1v) is 4.72. The molecule has 14 heavy (non-hydrogen) atoms.